The van der Waals surface area contributed by atoms with E-state index < -0.39 is 12.1 Å². The number of halogens is 4. The van der Waals surface area contributed by atoms with Crippen molar-refractivity contribution in [1.82, 2.24) is 4.98 Å². The first-order chi connectivity index (χ1) is 7.98. The van der Waals surface area contributed by atoms with Crippen LogP contribution in [0.25, 0.3) is 0 Å². The van der Waals surface area contributed by atoms with E-state index in [0.29, 0.717) is 13.1 Å². The van der Waals surface area contributed by atoms with E-state index in [1.54, 1.807) is 12.3 Å². The van der Waals surface area contributed by atoms with Gasteiger partial charge >= 0.3 is 6.18 Å². The van der Waals surface area contributed by atoms with Gasteiger partial charge in [-0.05, 0) is 40.9 Å². The van der Waals surface area contributed by atoms with E-state index in [0.717, 1.165) is 10.3 Å². The number of aromatic nitrogens is 1. The fourth-order valence-corrected chi connectivity index (χ4v) is 2.53. The molecule has 0 N–H and O–H groups in total. The molecule has 0 spiro atoms. The standard InChI is InChI=1S/C11H12BrF3N2/c12-9-2-1-5-16-10(9)17-6-3-8(4-7-17)11(13,14)15/h1-2,5,8H,3-4,6-7H2. The van der Waals surface area contributed by atoms with Crippen molar-refractivity contribution < 1.29 is 13.2 Å². The van der Waals surface area contributed by atoms with E-state index in [-0.39, 0.29) is 12.8 Å². The van der Waals surface area contributed by atoms with Gasteiger partial charge in [-0.25, -0.2) is 4.98 Å². The second-order valence-corrected chi connectivity index (χ2v) is 4.97. The summed E-state index contributed by atoms with van der Waals surface area (Å²) in [5.74, 6) is -0.436. The van der Waals surface area contributed by atoms with Gasteiger partial charge in [0.05, 0.1) is 10.4 Å². The summed E-state index contributed by atoms with van der Waals surface area (Å²) >= 11 is 3.36. The Morgan fingerprint density at radius 1 is 1.29 bits per heavy atom. The van der Waals surface area contributed by atoms with Crippen LogP contribution in [0, 0.1) is 5.92 Å². The van der Waals surface area contributed by atoms with Gasteiger partial charge in [0, 0.05) is 19.3 Å². The maximum atomic E-state index is 12.5. The van der Waals surface area contributed by atoms with Crippen LogP contribution in [-0.2, 0) is 0 Å². The minimum absolute atomic E-state index is 0.145. The molecule has 0 radical (unpaired) electrons. The van der Waals surface area contributed by atoms with Gasteiger partial charge in [-0.15, -0.1) is 0 Å². The lowest BCUT2D eigenvalue weighted by Gasteiger charge is -2.34. The van der Waals surface area contributed by atoms with E-state index in [9.17, 15) is 13.2 Å². The third kappa shape index (κ3) is 2.91. The van der Waals surface area contributed by atoms with Crippen LogP contribution >= 0.6 is 15.9 Å². The van der Waals surface area contributed by atoms with Crippen molar-refractivity contribution in [1.29, 1.82) is 0 Å². The minimum Gasteiger partial charge on any atom is -0.356 e. The van der Waals surface area contributed by atoms with Gasteiger partial charge in [-0.1, -0.05) is 0 Å². The zero-order valence-corrected chi connectivity index (χ0v) is 10.6. The number of hydrogen-bond donors (Lipinski definition) is 0. The first-order valence-electron chi connectivity index (χ1n) is 5.40. The molecule has 0 aromatic carbocycles. The Bertz CT molecular complexity index is 387. The Kier molecular flexibility index (Phi) is 3.61. The number of alkyl halides is 3. The minimum atomic E-state index is -4.06. The topological polar surface area (TPSA) is 16.1 Å². The predicted octanol–water partition coefficient (Wildman–Crippen LogP) is 3.62. The monoisotopic (exact) mass is 308 g/mol. The molecule has 0 aliphatic carbocycles. The average Bonchev–Trinajstić information content (AvgIpc) is 2.29. The summed E-state index contributed by atoms with van der Waals surface area (Å²) in [4.78, 5) is 6.08. The summed E-state index contributed by atoms with van der Waals surface area (Å²) in [6, 6.07) is 3.63. The molecule has 1 saturated heterocycles. The summed E-state index contributed by atoms with van der Waals surface area (Å²) in [6.07, 6.45) is -2.12. The van der Waals surface area contributed by atoms with Gasteiger partial charge in [-0.2, -0.15) is 13.2 Å². The highest BCUT2D eigenvalue weighted by atomic mass is 79.9. The fraction of sp³-hybridized carbons (Fsp3) is 0.545. The highest BCUT2D eigenvalue weighted by Gasteiger charge is 2.41. The van der Waals surface area contributed by atoms with Gasteiger partial charge in [0.2, 0.25) is 0 Å². The molecule has 1 aliphatic rings. The van der Waals surface area contributed by atoms with E-state index >= 15 is 0 Å². The van der Waals surface area contributed by atoms with Crippen molar-refractivity contribution in [2.45, 2.75) is 19.0 Å². The molecule has 94 valence electrons. The quantitative estimate of drug-likeness (QED) is 0.787. The van der Waals surface area contributed by atoms with Crippen molar-refractivity contribution in [3.05, 3.63) is 22.8 Å². The molecule has 1 aromatic rings. The van der Waals surface area contributed by atoms with Gasteiger partial charge in [0.1, 0.15) is 5.82 Å². The molecule has 0 unspecified atom stereocenters. The van der Waals surface area contributed by atoms with Crippen molar-refractivity contribution in [3.8, 4) is 0 Å². The van der Waals surface area contributed by atoms with Crippen LogP contribution in [0.3, 0.4) is 0 Å². The van der Waals surface area contributed by atoms with Crippen molar-refractivity contribution >= 4 is 21.7 Å². The first kappa shape index (κ1) is 12.7. The molecule has 2 nitrogen and oxygen atoms in total. The summed E-state index contributed by atoms with van der Waals surface area (Å²) in [7, 11) is 0. The number of anilines is 1. The maximum absolute atomic E-state index is 12.5. The second kappa shape index (κ2) is 4.84. The summed E-state index contributed by atoms with van der Waals surface area (Å²) < 4.78 is 38.3. The number of pyridine rings is 1. The maximum Gasteiger partial charge on any atom is 0.391 e. The summed E-state index contributed by atoms with van der Waals surface area (Å²) in [5, 5.41) is 0. The van der Waals surface area contributed by atoms with Crippen LogP contribution in [0.5, 0.6) is 0 Å². The average molecular weight is 309 g/mol. The number of hydrogen-bond acceptors (Lipinski definition) is 2. The molecule has 1 aliphatic heterocycles. The molecular formula is C11H12BrF3N2. The predicted molar refractivity (Wildman–Crippen MR) is 62.9 cm³/mol. The van der Waals surface area contributed by atoms with Crippen LogP contribution in [0.15, 0.2) is 22.8 Å². The van der Waals surface area contributed by atoms with E-state index in [1.165, 1.54) is 0 Å². The Hall–Kier alpha value is -0.780. The van der Waals surface area contributed by atoms with E-state index in [1.807, 2.05) is 11.0 Å². The first-order valence-corrected chi connectivity index (χ1v) is 6.20. The smallest absolute Gasteiger partial charge is 0.356 e. The zero-order valence-electron chi connectivity index (χ0n) is 9.04. The third-order valence-corrected chi connectivity index (χ3v) is 3.62. The zero-order chi connectivity index (χ0) is 12.5. The molecular weight excluding hydrogens is 297 g/mol. The molecule has 0 saturated carbocycles. The Balaban J connectivity index is 2.03. The van der Waals surface area contributed by atoms with Crippen LogP contribution in [0.4, 0.5) is 19.0 Å². The lowest BCUT2D eigenvalue weighted by Crippen LogP contribution is -2.39. The van der Waals surface area contributed by atoms with Crippen LogP contribution in [-0.4, -0.2) is 24.2 Å². The van der Waals surface area contributed by atoms with Gasteiger partial charge in [0.15, 0.2) is 0 Å². The third-order valence-electron chi connectivity index (χ3n) is 3.00. The van der Waals surface area contributed by atoms with Gasteiger partial charge < -0.3 is 4.90 Å². The van der Waals surface area contributed by atoms with E-state index in [4.69, 9.17) is 0 Å². The van der Waals surface area contributed by atoms with Gasteiger partial charge in [-0.3, -0.25) is 0 Å². The van der Waals surface area contributed by atoms with Crippen molar-refractivity contribution in [2.24, 2.45) is 5.92 Å². The normalized spacial score (nSPS) is 18.5. The number of nitrogens with zero attached hydrogens (tertiary/aromatic N) is 2. The highest BCUT2D eigenvalue weighted by Crippen LogP contribution is 2.36. The molecule has 0 bridgehead atoms. The van der Waals surface area contributed by atoms with Crippen LogP contribution in [0.2, 0.25) is 0 Å². The Morgan fingerprint density at radius 3 is 2.47 bits per heavy atom. The molecule has 1 aromatic heterocycles. The van der Waals surface area contributed by atoms with Gasteiger partial charge in [0.25, 0.3) is 0 Å². The van der Waals surface area contributed by atoms with E-state index in [2.05, 4.69) is 20.9 Å². The molecule has 2 rings (SSSR count). The Morgan fingerprint density at radius 2 is 1.94 bits per heavy atom. The van der Waals surface area contributed by atoms with Crippen molar-refractivity contribution in [3.63, 3.8) is 0 Å². The summed E-state index contributed by atoms with van der Waals surface area (Å²) in [5.41, 5.74) is 0. The van der Waals surface area contributed by atoms with Crippen LogP contribution in [0.1, 0.15) is 12.8 Å². The second-order valence-electron chi connectivity index (χ2n) is 4.11. The van der Waals surface area contributed by atoms with Crippen LogP contribution < -0.4 is 4.90 Å². The molecule has 0 atom stereocenters. The van der Waals surface area contributed by atoms with Crippen molar-refractivity contribution in [2.75, 3.05) is 18.0 Å². The molecule has 17 heavy (non-hydrogen) atoms. The lowest BCUT2D eigenvalue weighted by atomic mass is 9.96. The molecule has 1 fully saturated rings. The molecule has 0 amide bonds. The highest BCUT2D eigenvalue weighted by molar-refractivity contribution is 9.10. The molecule has 2 heterocycles. The summed E-state index contributed by atoms with van der Waals surface area (Å²) in [6.45, 7) is 0.805. The number of rotatable bonds is 1. The lowest BCUT2D eigenvalue weighted by molar-refractivity contribution is -0.179. The fourth-order valence-electron chi connectivity index (χ4n) is 2.03. The SMILES string of the molecule is FC(F)(F)C1CCN(c2ncccc2Br)CC1. The Labute approximate surface area is 106 Å². The largest absolute Gasteiger partial charge is 0.391 e. The molecule has 6 heteroatoms. The number of piperidine rings is 1.